The molecule has 1 aromatic carbocycles. The van der Waals surface area contributed by atoms with Crippen LogP contribution in [0.4, 0.5) is 24.5 Å². The Labute approximate surface area is 220 Å². The average Bonchev–Trinajstić information content (AvgIpc) is 3.21. The minimum atomic E-state index is -4.64. The number of benzene rings is 1. The van der Waals surface area contributed by atoms with E-state index in [0.29, 0.717) is 37.7 Å². The van der Waals surface area contributed by atoms with E-state index in [2.05, 4.69) is 5.32 Å². The first kappa shape index (κ1) is 28.9. The van der Waals surface area contributed by atoms with Crippen molar-refractivity contribution in [3.05, 3.63) is 43.8 Å². The van der Waals surface area contributed by atoms with Crippen molar-refractivity contribution in [2.45, 2.75) is 19.6 Å². The Morgan fingerprint density at radius 2 is 2.00 bits per heavy atom. The van der Waals surface area contributed by atoms with Gasteiger partial charge in [0.2, 0.25) is 5.91 Å². The fourth-order valence-corrected chi connectivity index (χ4v) is 4.70. The van der Waals surface area contributed by atoms with Crippen molar-refractivity contribution in [2.75, 3.05) is 56.7 Å². The molecule has 0 spiro atoms. The molecule has 1 aromatic heterocycles. The molecule has 0 atom stereocenters. The van der Waals surface area contributed by atoms with E-state index >= 15 is 0 Å². The molecule has 2 N–H and O–H groups in total. The van der Waals surface area contributed by atoms with E-state index in [-0.39, 0.29) is 28.2 Å². The number of halogens is 3. The Morgan fingerprint density at radius 1 is 1.29 bits per heavy atom. The number of thiazole rings is 1. The Morgan fingerprint density at radius 3 is 2.63 bits per heavy atom. The van der Waals surface area contributed by atoms with Gasteiger partial charge in [0.25, 0.3) is 11.5 Å². The van der Waals surface area contributed by atoms with E-state index in [0.717, 1.165) is 15.9 Å². The third-order valence-corrected chi connectivity index (χ3v) is 6.80. The highest BCUT2D eigenvalue weighted by Gasteiger charge is 2.29. The maximum Gasteiger partial charge on any atom is 0.405 e. The monoisotopic (exact) mass is 552 g/mol. The van der Waals surface area contributed by atoms with Gasteiger partial charge in [-0.3, -0.25) is 23.9 Å². The standard InChI is InChI=1S/C24H27F3N6O4S/c1-3-33-22(36)19(38-23(33)18(12-28)21(35)30-15-24(25,26)27)13-29-16-5-4-6-17(11-16)31(2)20(34)14-32-7-9-37-10-8-32/h4-6,11,13,29H,3,7-10,14-15H2,1-2H3,(H,30,35). The van der Waals surface area contributed by atoms with Gasteiger partial charge in [-0.25, -0.2) is 0 Å². The van der Waals surface area contributed by atoms with Crippen LogP contribution >= 0.6 is 11.3 Å². The van der Waals surface area contributed by atoms with Gasteiger partial charge in [0.1, 0.15) is 21.8 Å². The number of ether oxygens (including phenoxy) is 1. The largest absolute Gasteiger partial charge is 0.405 e. The van der Waals surface area contributed by atoms with Crippen molar-refractivity contribution in [3.8, 4) is 6.07 Å². The van der Waals surface area contributed by atoms with Gasteiger partial charge < -0.3 is 20.3 Å². The van der Waals surface area contributed by atoms with Crippen molar-refractivity contribution >= 4 is 46.3 Å². The number of alkyl halides is 3. The number of likely N-dealkylation sites (N-methyl/N-ethyl adjacent to an activating group) is 1. The summed E-state index contributed by atoms with van der Waals surface area (Å²) in [5, 5.41) is 14.1. The molecule has 1 fully saturated rings. The lowest BCUT2D eigenvalue weighted by Crippen LogP contribution is -2.43. The zero-order valence-corrected chi connectivity index (χ0v) is 21.6. The van der Waals surface area contributed by atoms with Crippen molar-refractivity contribution in [1.29, 1.82) is 5.26 Å². The van der Waals surface area contributed by atoms with Crippen LogP contribution in [-0.2, 0) is 20.9 Å². The van der Waals surface area contributed by atoms with Crippen LogP contribution in [-0.4, -0.2) is 73.9 Å². The molecule has 2 heterocycles. The number of nitrogens with zero attached hydrogens (tertiary/aromatic N) is 4. The summed E-state index contributed by atoms with van der Waals surface area (Å²) in [7, 11) is 1.67. The maximum absolute atomic E-state index is 12.9. The third-order valence-electron chi connectivity index (χ3n) is 5.67. The molecule has 0 unspecified atom stereocenters. The normalized spacial score (nSPS) is 15.5. The molecule has 1 aliphatic heterocycles. The van der Waals surface area contributed by atoms with Crippen molar-refractivity contribution in [3.63, 3.8) is 0 Å². The second-order valence-corrected chi connectivity index (χ2v) is 9.32. The van der Waals surface area contributed by atoms with Crippen LogP contribution in [0.25, 0.3) is 11.8 Å². The average molecular weight is 553 g/mol. The van der Waals surface area contributed by atoms with Crippen molar-refractivity contribution < 1.29 is 27.5 Å². The first-order valence-corrected chi connectivity index (χ1v) is 12.5. The highest BCUT2D eigenvalue weighted by atomic mass is 32.1. The molecular formula is C24H27F3N6O4S. The lowest BCUT2D eigenvalue weighted by atomic mass is 10.2. The van der Waals surface area contributed by atoms with E-state index in [1.807, 2.05) is 4.90 Å². The maximum atomic E-state index is 12.9. The summed E-state index contributed by atoms with van der Waals surface area (Å²) in [4.78, 5) is 41.3. The second-order valence-electron chi connectivity index (χ2n) is 8.29. The Hall–Kier alpha value is -3.67. The summed E-state index contributed by atoms with van der Waals surface area (Å²) < 4.78 is 44.0. The number of hydrogen-bond donors (Lipinski definition) is 2. The molecule has 0 radical (unpaired) electrons. The fourth-order valence-electron chi connectivity index (χ4n) is 3.61. The highest BCUT2D eigenvalue weighted by molar-refractivity contribution is 7.07. The summed E-state index contributed by atoms with van der Waals surface area (Å²) in [5.41, 5.74) is 0.102. The minimum Gasteiger partial charge on any atom is -0.379 e. The van der Waals surface area contributed by atoms with Crippen LogP contribution < -0.4 is 30.3 Å². The van der Waals surface area contributed by atoms with Crippen LogP contribution in [0.3, 0.4) is 0 Å². The summed E-state index contributed by atoms with van der Waals surface area (Å²) >= 11 is 0.810. The predicted octanol–water partition coefficient (Wildman–Crippen LogP) is 0.428. The number of aromatic nitrogens is 1. The fraction of sp³-hybridized carbons (Fsp3) is 0.417. The van der Waals surface area contributed by atoms with Gasteiger partial charge in [-0.05, 0) is 25.1 Å². The Bertz CT molecular complexity index is 1390. The first-order valence-electron chi connectivity index (χ1n) is 11.7. The summed E-state index contributed by atoms with van der Waals surface area (Å²) in [6, 6.07) is 8.56. The number of carbonyl (C=O) groups excluding carboxylic acids is 2. The molecule has 2 amide bonds. The van der Waals surface area contributed by atoms with Gasteiger partial charge in [-0.1, -0.05) is 6.07 Å². The van der Waals surface area contributed by atoms with Gasteiger partial charge >= 0.3 is 6.18 Å². The first-order chi connectivity index (χ1) is 18.0. The number of morpholine rings is 1. The molecule has 3 rings (SSSR count). The molecule has 2 aromatic rings. The van der Waals surface area contributed by atoms with Gasteiger partial charge in [0, 0.05) is 44.3 Å². The minimum absolute atomic E-state index is 0.0464. The highest BCUT2D eigenvalue weighted by Crippen LogP contribution is 2.19. The molecule has 38 heavy (non-hydrogen) atoms. The van der Waals surface area contributed by atoms with E-state index in [9.17, 15) is 32.8 Å². The Balaban J connectivity index is 1.84. The molecule has 204 valence electrons. The molecule has 0 saturated carbocycles. The molecule has 1 saturated heterocycles. The van der Waals surface area contributed by atoms with Crippen LogP contribution in [0.5, 0.6) is 0 Å². The number of rotatable bonds is 8. The van der Waals surface area contributed by atoms with Crippen LogP contribution in [0.2, 0.25) is 0 Å². The van der Waals surface area contributed by atoms with Crippen molar-refractivity contribution in [2.24, 2.45) is 0 Å². The summed E-state index contributed by atoms with van der Waals surface area (Å²) in [5.74, 6) is -1.31. The van der Waals surface area contributed by atoms with Crippen LogP contribution in [0.15, 0.2) is 29.1 Å². The second kappa shape index (κ2) is 12.7. The number of nitriles is 1. The SMILES string of the molecule is CCn1c(=C(C#N)C(=O)NCC(F)(F)F)sc(=CNc2cccc(N(C)C(=O)CN3CCOCC3)c2)c1=O. The van der Waals surface area contributed by atoms with Gasteiger partial charge in [-0.2, -0.15) is 18.4 Å². The quantitative estimate of drug-likeness (QED) is 0.488. The van der Waals surface area contributed by atoms with Crippen LogP contribution in [0, 0.1) is 11.3 Å². The zero-order chi connectivity index (χ0) is 27.9. The number of amides is 2. The van der Waals surface area contributed by atoms with Gasteiger partial charge in [0.15, 0.2) is 5.57 Å². The smallest absolute Gasteiger partial charge is 0.379 e. The van der Waals surface area contributed by atoms with Gasteiger partial charge in [0.05, 0.1) is 19.8 Å². The zero-order valence-electron chi connectivity index (χ0n) is 20.8. The predicted molar refractivity (Wildman–Crippen MR) is 137 cm³/mol. The van der Waals surface area contributed by atoms with Crippen LogP contribution in [0.1, 0.15) is 6.92 Å². The number of carbonyl (C=O) groups is 2. The van der Waals surface area contributed by atoms with E-state index < -0.39 is 29.8 Å². The number of hydrogen-bond acceptors (Lipinski definition) is 8. The number of nitrogens with one attached hydrogen (secondary N) is 2. The molecule has 0 aliphatic carbocycles. The molecule has 10 nitrogen and oxygen atoms in total. The lowest BCUT2D eigenvalue weighted by Gasteiger charge is -2.28. The third kappa shape index (κ3) is 7.44. The molecule has 1 aliphatic rings. The molecule has 14 heteroatoms. The topological polar surface area (TPSA) is 120 Å². The number of anilines is 2. The van der Waals surface area contributed by atoms with Gasteiger partial charge in [-0.15, -0.1) is 11.3 Å². The Kier molecular flexibility index (Phi) is 9.67. The lowest BCUT2D eigenvalue weighted by molar-refractivity contribution is -0.135. The van der Waals surface area contributed by atoms with E-state index in [4.69, 9.17) is 4.74 Å². The van der Waals surface area contributed by atoms with Crippen molar-refractivity contribution in [1.82, 2.24) is 14.8 Å². The molecular weight excluding hydrogens is 525 g/mol. The summed E-state index contributed by atoms with van der Waals surface area (Å²) in [6.07, 6.45) is -3.26. The molecule has 0 bridgehead atoms. The van der Waals surface area contributed by atoms with E-state index in [1.54, 1.807) is 49.6 Å². The van der Waals surface area contributed by atoms with E-state index in [1.165, 1.54) is 11.1 Å². The summed E-state index contributed by atoms with van der Waals surface area (Å²) in [6.45, 7) is 2.91.